The fourth-order valence-corrected chi connectivity index (χ4v) is 2.51. The summed E-state index contributed by atoms with van der Waals surface area (Å²) in [5.74, 6) is -0.0753. The van der Waals surface area contributed by atoms with Crippen LogP contribution in [-0.4, -0.2) is 57.1 Å². The molecule has 0 aliphatic rings. The molecule has 0 fully saturated rings. The van der Waals surface area contributed by atoms with Crippen LogP contribution in [0.2, 0.25) is 19.1 Å². The van der Waals surface area contributed by atoms with Gasteiger partial charge < -0.3 is 0 Å². The molecular weight excluding hydrogens is 203 g/mol. The molecule has 0 atom stereocenters. The molecule has 0 unspecified atom stereocenters. The predicted octanol–water partition coefficient (Wildman–Crippen LogP) is 0.493. The molecule has 0 aromatic carbocycles. The average molecular weight is 220 g/mol. The zero-order chi connectivity index (χ0) is 8.91. The normalized spacial score (nSPS) is 11.3. The van der Waals surface area contributed by atoms with E-state index in [0.29, 0.717) is 6.42 Å². The molecule has 70 valence electrons. The van der Waals surface area contributed by atoms with Crippen LogP contribution in [0.5, 0.6) is 0 Å². The van der Waals surface area contributed by atoms with E-state index in [4.69, 9.17) is 4.55 Å². The first-order valence-electron chi connectivity index (χ1n) is 3.87. The zero-order valence-corrected chi connectivity index (χ0v) is 9.05. The fourth-order valence-electron chi connectivity index (χ4n) is 0.837. The molecule has 0 amide bonds. The van der Waals surface area contributed by atoms with Gasteiger partial charge in [0.15, 0.2) is 0 Å². The van der Waals surface area contributed by atoms with Crippen LogP contribution in [0, 0.1) is 0 Å². The summed E-state index contributed by atoms with van der Waals surface area (Å²) in [4.78, 5) is 0. The molecule has 0 bridgehead atoms. The van der Waals surface area contributed by atoms with Crippen LogP contribution in [0.15, 0.2) is 0 Å². The standard InChI is InChI=1S/C6H16O3SSi.Na.H/c1-11(2)6-4-3-5-10(7,8)9;;/h11H,3-6H2,1-2H3,(H,7,8,9);;. The molecule has 0 saturated carbocycles. The molecule has 0 rings (SSSR count). The monoisotopic (exact) mass is 220 g/mol. The Morgan fingerprint density at radius 3 is 2.08 bits per heavy atom. The van der Waals surface area contributed by atoms with Gasteiger partial charge in [0.25, 0.3) is 10.1 Å². The van der Waals surface area contributed by atoms with Crippen molar-refractivity contribution in [2.75, 3.05) is 5.75 Å². The molecule has 0 radical (unpaired) electrons. The topological polar surface area (TPSA) is 54.4 Å². The minimum absolute atomic E-state index is 0. The molecule has 0 spiro atoms. The maximum atomic E-state index is 10.2. The van der Waals surface area contributed by atoms with Gasteiger partial charge in [-0.1, -0.05) is 25.6 Å². The molecule has 0 aromatic rings. The maximum absolute atomic E-state index is 10.2. The Hall–Kier alpha value is 1.13. The van der Waals surface area contributed by atoms with Crippen LogP contribution < -0.4 is 0 Å². The second-order valence-corrected chi connectivity index (χ2v) is 8.11. The fraction of sp³-hybridized carbons (Fsp3) is 1.00. The van der Waals surface area contributed by atoms with Gasteiger partial charge in [-0.3, -0.25) is 4.55 Å². The quantitative estimate of drug-likeness (QED) is 0.417. The second kappa shape index (κ2) is 7.52. The number of rotatable bonds is 5. The summed E-state index contributed by atoms with van der Waals surface area (Å²) in [5, 5.41) is 0. The Morgan fingerprint density at radius 2 is 1.75 bits per heavy atom. The van der Waals surface area contributed by atoms with Gasteiger partial charge in [-0.2, -0.15) is 8.42 Å². The van der Waals surface area contributed by atoms with Crippen molar-refractivity contribution in [3.05, 3.63) is 0 Å². The van der Waals surface area contributed by atoms with Crippen LogP contribution in [0.4, 0.5) is 0 Å². The number of hydrogen-bond donors (Lipinski definition) is 1. The van der Waals surface area contributed by atoms with Crippen LogP contribution in [0.3, 0.4) is 0 Å². The van der Waals surface area contributed by atoms with Gasteiger partial charge in [0.05, 0.1) is 5.75 Å². The molecule has 3 nitrogen and oxygen atoms in total. The van der Waals surface area contributed by atoms with E-state index in [1.165, 1.54) is 0 Å². The first kappa shape index (κ1) is 15.6. The van der Waals surface area contributed by atoms with Crippen molar-refractivity contribution in [3.8, 4) is 0 Å². The van der Waals surface area contributed by atoms with E-state index in [1.807, 2.05) is 0 Å². The SMILES string of the molecule is C[SiH](C)CCCCS(=O)(=O)O.[NaH]. The number of hydrogen-bond acceptors (Lipinski definition) is 2. The third kappa shape index (κ3) is 13.7. The zero-order valence-electron chi connectivity index (χ0n) is 7.08. The van der Waals surface area contributed by atoms with E-state index in [1.54, 1.807) is 0 Å². The summed E-state index contributed by atoms with van der Waals surface area (Å²) < 4.78 is 28.9. The van der Waals surface area contributed by atoms with Crippen LogP contribution in [0.1, 0.15) is 12.8 Å². The predicted molar refractivity (Wildman–Crippen MR) is 56.5 cm³/mol. The molecule has 0 saturated heterocycles. The van der Waals surface area contributed by atoms with Crippen LogP contribution in [0.25, 0.3) is 0 Å². The second-order valence-electron chi connectivity index (χ2n) is 3.18. The molecular formula is C6H17NaO3SSi. The Balaban J connectivity index is 0. The van der Waals surface area contributed by atoms with Crippen molar-refractivity contribution < 1.29 is 13.0 Å². The Kier molecular flexibility index (Phi) is 9.78. The minimum atomic E-state index is -3.71. The molecule has 12 heavy (non-hydrogen) atoms. The summed E-state index contributed by atoms with van der Waals surface area (Å²) in [6.07, 6.45) is 1.54. The van der Waals surface area contributed by atoms with E-state index in [0.717, 1.165) is 12.5 Å². The van der Waals surface area contributed by atoms with Crippen LogP contribution >= 0.6 is 0 Å². The third-order valence-electron chi connectivity index (χ3n) is 1.43. The van der Waals surface area contributed by atoms with E-state index in [9.17, 15) is 8.42 Å². The van der Waals surface area contributed by atoms with Crippen molar-refractivity contribution in [3.63, 3.8) is 0 Å². The van der Waals surface area contributed by atoms with Gasteiger partial charge in [-0.25, -0.2) is 0 Å². The first-order valence-corrected chi connectivity index (χ1v) is 8.60. The summed E-state index contributed by atoms with van der Waals surface area (Å²) in [6.45, 7) is 4.46. The van der Waals surface area contributed by atoms with Crippen LogP contribution in [-0.2, 0) is 10.1 Å². The third-order valence-corrected chi connectivity index (χ3v) is 3.80. The Bertz CT molecular complexity index is 191. The van der Waals surface area contributed by atoms with E-state index < -0.39 is 18.9 Å². The summed E-state index contributed by atoms with van der Waals surface area (Å²) in [5.41, 5.74) is 0. The first-order chi connectivity index (χ1) is 4.92. The van der Waals surface area contributed by atoms with E-state index in [2.05, 4.69) is 13.1 Å². The van der Waals surface area contributed by atoms with Crippen molar-refractivity contribution in [2.24, 2.45) is 0 Å². The van der Waals surface area contributed by atoms with Crippen molar-refractivity contribution in [1.82, 2.24) is 0 Å². The average Bonchev–Trinajstić information content (AvgIpc) is 1.78. The summed E-state index contributed by atoms with van der Waals surface area (Å²) in [6, 6.07) is 1.16. The molecule has 0 aliphatic carbocycles. The summed E-state index contributed by atoms with van der Waals surface area (Å²) >= 11 is 0. The van der Waals surface area contributed by atoms with Crippen molar-refractivity contribution in [2.45, 2.75) is 32.0 Å². The Morgan fingerprint density at radius 1 is 1.25 bits per heavy atom. The van der Waals surface area contributed by atoms with Crippen molar-refractivity contribution >= 4 is 48.5 Å². The molecule has 0 aromatic heterocycles. The molecule has 0 aliphatic heterocycles. The molecule has 1 N–H and O–H groups in total. The van der Waals surface area contributed by atoms with Gasteiger partial charge in [-0.05, 0) is 6.42 Å². The van der Waals surface area contributed by atoms with Gasteiger partial charge in [0.2, 0.25) is 0 Å². The van der Waals surface area contributed by atoms with Gasteiger partial charge >= 0.3 is 29.6 Å². The van der Waals surface area contributed by atoms with Gasteiger partial charge in [0.1, 0.15) is 0 Å². The number of unbranched alkanes of at least 4 members (excludes halogenated alkanes) is 1. The van der Waals surface area contributed by atoms with Gasteiger partial charge in [-0.15, -0.1) is 0 Å². The molecule has 0 heterocycles. The summed E-state index contributed by atoms with van der Waals surface area (Å²) in [7, 11) is -4.24. The van der Waals surface area contributed by atoms with Gasteiger partial charge in [0, 0.05) is 8.80 Å². The van der Waals surface area contributed by atoms with Crippen molar-refractivity contribution in [1.29, 1.82) is 0 Å². The molecule has 6 heteroatoms. The van der Waals surface area contributed by atoms with E-state index >= 15 is 0 Å². The van der Waals surface area contributed by atoms with E-state index in [-0.39, 0.29) is 35.3 Å². The Labute approximate surface area is 98.6 Å².